The number of amides is 1. The van der Waals surface area contributed by atoms with E-state index in [2.05, 4.69) is 49.6 Å². The molecule has 164 valence electrons. The Kier molecular flexibility index (Phi) is 6.58. The number of anilines is 1. The summed E-state index contributed by atoms with van der Waals surface area (Å²) in [5, 5.41) is 0. The molecule has 7 heteroatoms. The highest BCUT2D eigenvalue weighted by Crippen LogP contribution is 2.41. The predicted octanol–water partition coefficient (Wildman–Crippen LogP) is 2.78. The molecule has 1 atom stereocenters. The maximum absolute atomic E-state index is 13.0. The molecule has 1 unspecified atom stereocenters. The van der Waals surface area contributed by atoms with Gasteiger partial charge < -0.3 is 25.2 Å². The van der Waals surface area contributed by atoms with Gasteiger partial charge in [0.2, 0.25) is 5.91 Å². The second kappa shape index (κ2) is 8.98. The molecule has 30 heavy (non-hydrogen) atoms. The average molecular weight is 415 g/mol. The van der Waals surface area contributed by atoms with Crippen molar-refractivity contribution in [3.8, 4) is 0 Å². The summed E-state index contributed by atoms with van der Waals surface area (Å²) in [5.74, 6) is -0.720. The molecule has 3 rings (SSSR count). The molecule has 1 fully saturated rings. The molecule has 2 N–H and O–H groups in total. The molecule has 1 aromatic rings. The van der Waals surface area contributed by atoms with Crippen LogP contribution in [0.25, 0.3) is 0 Å². The standard InChI is InChI=1S/C23H34N4O3/c1-6-8-11-30-22(29)21-18(7-2)27(14-19(24)28)23-25(9-10-26(21)23)20-16(4)12-15(3)13-17(20)5/h12-13,23H,6-11,14H2,1-5H3,(H2,24,28). The number of aryl methyl sites for hydroxylation is 3. The number of benzene rings is 1. The Labute approximate surface area is 179 Å². The van der Waals surface area contributed by atoms with Gasteiger partial charge >= 0.3 is 5.97 Å². The van der Waals surface area contributed by atoms with Crippen LogP contribution in [0.3, 0.4) is 0 Å². The fourth-order valence-electron chi connectivity index (χ4n) is 4.80. The van der Waals surface area contributed by atoms with E-state index in [0.29, 0.717) is 25.3 Å². The number of carbonyl (C=O) groups is 2. The van der Waals surface area contributed by atoms with Gasteiger partial charge in [-0.1, -0.05) is 38.0 Å². The molecule has 0 bridgehead atoms. The number of unbranched alkanes of at least 4 members (excludes halogenated alkanes) is 1. The average Bonchev–Trinajstić information content (AvgIpc) is 3.19. The Balaban J connectivity index is 2.01. The van der Waals surface area contributed by atoms with Gasteiger partial charge in [0.25, 0.3) is 0 Å². The van der Waals surface area contributed by atoms with Crippen molar-refractivity contribution in [3.63, 3.8) is 0 Å². The fourth-order valence-corrected chi connectivity index (χ4v) is 4.80. The first kappa shape index (κ1) is 22.0. The van der Waals surface area contributed by atoms with Crippen LogP contribution in [0.15, 0.2) is 23.5 Å². The minimum absolute atomic E-state index is 0.0660. The highest BCUT2D eigenvalue weighted by molar-refractivity contribution is 5.90. The second-order valence-electron chi connectivity index (χ2n) is 8.21. The third-order valence-corrected chi connectivity index (χ3v) is 5.83. The van der Waals surface area contributed by atoms with Crippen LogP contribution in [0.5, 0.6) is 0 Å². The van der Waals surface area contributed by atoms with Crippen LogP contribution in [0.4, 0.5) is 5.69 Å². The highest BCUT2D eigenvalue weighted by Gasteiger charge is 2.48. The fraction of sp³-hybridized carbons (Fsp3) is 0.565. The number of hydrogen-bond donors (Lipinski definition) is 1. The number of nitrogens with two attached hydrogens (primary N) is 1. The minimum Gasteiger partial charge on any atom is -0.461 e. The number of hydrogen-bond acceptors (Lipinski definition) is 6. The Morgan fingerprint density at radius 1 is 1.10 bits per heavy atom. The van der Waals surface area contributed by atoms with E-state index in [1.165, 1.54) is 16.7 Å². The lowest BCUT2D eigenvalue weighted by molar-refractivity contribution is -0.141. The van der Waals surface area contributed by atoms with Gasteiger partial charge in [-0.2, -0.15) is 0 Å². The molecule has 0 saturated carbocycles. The van der Waals surface area contributed by atoms with Gasteiger partial charge in [0, 0.05) is 24.5 Å². The van der Waals surface area contributed by atoms with Crippen LogP contribution < -0.4 is 10.6 Å². The van der Waals surface area contributed by atoms with Gasteiger partial charge in [-0.05, 0) is 44.7 Å². The predicted molar refractivity (Wildman–Crippen MR) is 118 cm³/mol. The monoisotopic (exact) mass is 414 g/mol. The number of primary amides is 1. The van der Waals surface area contributed by atoms with Crippen molar-refractivity contribution < 1.29 is 14.3 Å². The Morgan fingerprint density at radius 3 is 2.30 bits per heavy atom. The summed E-state index contributed by atoms with van der Waals surface area (Å²) in [5.41, 5.74) is 11.7. The van der Waals surface area contributed by atoms with Crippen molar-refractivity contribution in [2.24, 2.45) is 5.73 Å². The number of fused-ring (bicyclic) bond motifs is 1. The molecule has 2 heterocycles. The largest absolute Gasteiger partial charge is 0.461 e. The molecule has 0 spiro atoms. The summed E-state index contributed by atoms with van der Waals surface area (Å²) in [6.07, 6.45) is 2.18. The topological polar surface area (TPSA) is 79.1 Å². The van der Waals surface area contributed by atoms with E-state index >= 15 is 0 Å². The maximum Gasteiger partial charge on any atom is 0.356 e. The van der Waals surface area contributed by atoms with Crippen molar-refractivity contribution in [3.05, 3.63) is 40.2 Å². The van der Waals surface area contributed by atoms with E-state index < -0.39 is 5.91 Å². The normalized spacial score (nSPS) is 18.3. The van der Waals surface area contributed by atoms with E-state index in [9.17, 15) is 9.59 Å². The lowest BCUT2D eigenvalue weighted by atomic mass is 10.0. The van der Waals surface area contributed by atoms with Crippen molar-refractivity contribution >= 4 is 17.6 Å². The summed E-state index contributed by atoms with van der Waals surface area (Å²) in [4.78, 5) is 31.3. The molecule has 2 aliphatic heterocycles. The van der Waals surface area contributed by atoms with Crippen LogP contribution >= 0.6 is 0 Å². The van der Waals surface area contributed by atoms with Gasteiger partial charge in [0.05, 0.1) is 6.61 Å². The first-order valence-corrected chi connectivity index (χ1v) is 10.9. The molecular formula is C23H34N4O3. The van der Waals surface area contributed by atoms with Crippen LogP contribution in [-0.4, -0.2) is 54.2 Å². The maximum atomic E-state index is 13.0. The SMILES string of the molecule is CCCCOC(=O)C1=C(CC)N(CC(N)=O)C2N1CCN2c1c(C)cc(C)cc1C. The van der Waals surface area contributed by atoms with Crippen molar-refractivity contribution in [2.75, 3.05) is 31.1 Å². The van der Waals surface area contributed by atoms with E-state index in [-0.39, 0.29) is 18.8 Å². The number of carbonyl (C=O) groups excluding carboxylic acids is 2. The van der Waals surface area contributed by atoms with Gasteiger partial charge in [0.1, 0.15) is 12.2 Å². The number of allylic oxidation sites excluding steroid dienone is 1. The summed E-state index contributed by atoms with van der Waals surface area (Å²) in [6.45, 7) is 12.3. The third kappa shape index (κ3) is 3.98. The zero-order valence-electron chi connectivity index (χ0n) is 18.8. The van der Waals surface area contributed by atoms with E-state index in [1.54, 1.807) is 0 Å². The zero-order chi connectivity index (χ0) is 22.0. The van der Waals surface area contributed by atoms with Gasteiger partial charge in [0.15, 0.2) is 6.29 Å². The van der Waals surface area contributed by atoms with Crippen LogP contribution in [0.2, 0.25) is 0 Å². The molecule has 1 saturated heterocycles. The van der Waals surface area contributed by atoms with Gasteiger partial charge in [-0.25, -0.2) is 4.79 Å². The van der Waals surface area contributed by atoms with E-state index in [4.69, 9.17) is 10.5 Å². The molecule has 7 nitrogen and oxygen atoms in total. The number of nitrogens with zero attached hydrogens (tertiary/aromatic N) is 3. The third-order valence-electron chi connectivity index (χ3n) is 5.83. The second-order valence-corrected chi connectivity index (χ2v) is 8.21. The summed E-state index contributed by atoms with van der Waals surface area (Å²) in [6, 6.07) is 4.35. The minimum atomic E-state index is -0.411. The van der Waals surface area contributed by atoms with Gasteiger partial charge in [-0.3, -0.25) is 4.79 Å². The number of ether oxygens (including phenoxy) is 1. The molecule has 1 aromatic carbocycles. The zero-order valence-corrected chi connectivity index (χ0v) is 18.8. The number of esters is 1. The Hall–Kier alpha value is -2.70. The lowest BCUT2D eigenvalue weighted by Crippen LogP contribution is -2.49. The summed E-state index contributed by atoms with van der Waals surface area (Å²) < 4.78 is 5.56. The van der Waals surface area contributed by atoms with Crippen molar-refractivity contribution in [1.29, 1.82) is 0 Å². The Morgan fingerprint density at radius 2 is 1.73 bits per heavy atom. The van der Waals surface area contributed by atoms with Crippen LogP contribution in [0.1, 0.15) is 49.8 Å². The summed E-state index contributed by atoms with van der Waals surface area (Å²) in [7, 11) is 0. The molecule has 0 radical (unpaired) electrons. The van der Waals surface area contributed by atoms with E-state index in [1.807, 2.05) is 11.8 Å². The first-order chi connectivity index (χ1) is 14.3. The molecule has 0 aliphatic carbocycles. The van der Waals surface area contributed by atoms with Crippen molar-refractivity contribution in [1.82, 2.24) is 9.80 Å². The quantitative estimate of drug-likeness (QED) is 0.521. The lowest BCUT2D eigenvalue weighted by Gasteiger charge is -2.37. The van der Waals surface area contributed by atoms with Gasteiger partial charge in [-0.15, -0.1) is 0 Å². The molecule has 0 aromatic heterocycles. The molecular weight excluding hydrogens is 380 g/mol. The number of rotatable bonds is 8. The summed E-state index contributed by atoms with van der Waals surface area (Å²) >= 11 is 0. The first-order valence-electron chi connectivity index (χ1n) is 10.9. The van der Waals surface area contributed by atoms with Crippen molar-refractivity contribution in [2.45, 2.75) is 60.2 Å². The Bertz CT molecular complexity index is 841. The van der Waals surface area contributed by atoms with E-state index in [0.717, 1.165) is 30.8 Å². The smallest absolute Gasteiger partial charge is 0.356 e. The molecule has 1 amide bonds. The molecule has 2 aliphatic rings. The highest BCUT2D eigenvalue weighted by atomic mass is 16.5. The van der Waals surface area contributed by atoms with Crippen LogP contribution in [-0.2, 0) is 14.3 Å². The van der Waals surface area contributed by atoms with Crippen LogP contribution in [0, 0.1) is 20.8 Å².